The maximum atomic E-state index is 11.8. The van der Waals surface area contributed by atoms with E-state index in [1.54, 1.807) is 37.1 Å². The quantitative estimate of drug-likeness (QED) is 0.210. The third kappa shape index (κ3) is 5.73. The Morgan fingerprint density at radius 1 is 0.971 bits per heavy atom. The van der Waals surface area contributed by atoms with Crippen LogP contribution < -0.4 is 26.4 Å². The monoisotopic (exact) mass is 473 g/mol. The van der Waals surface area contributed by atoms with Gasteiger partial charge < -0.3 is 26.4 Å². The van der Waals surface area contributed by atoms with E-state index in [-0.39, 0.29) is 11.6 Å². The molecule has 9 nitrogen and oxygen atoms in total. The molecule has 0 aliphatic heterocycles. The Bertz CT molecular complexity index is 1300. The Labute approximate surface area is 201 Å². The third-order valence-corrected chi connectivity index (χ3v) is 5.40. The van der Waals surface area contributed by atoms with Gasteiger partial charge in [0, 0.05) is 42.6 Å². The molecular weight excluding hydrogens is 450 g/mol. The zero-order valence-corrected chi connectivity index (χ0v) is 19.4. The number of benzene rings is 2. The first-order chi connectivity index (χ1) is 16.5. The predicted molar refractivity (Wildman–Crippen MR) is 135 cm³/mol. The predicted octanol–water partition coefficient (Wildman–Crippen LogP) is 4.81. The van der Waals surface area contributed by atoms with Gasteiger partial charge in [-0.1, -0.05) is 6.07 Å². The van der Waals surface area contributed by atoms with Gasteiger partial charge in [-0.25, -0.2) is 4.98 Å². The summed E-state index contributed by atoms with van der Waals surface area (Å²) < 4.78 is 5.84. The van der Waals surface area contributed by atoms with Gasteiger partial charge in [-0.15, -0.1) is 11.8 Å². The van der Waals surface area contributed by atoms with Gasteiger partial charge in [-0.05, 0) is 54.8 Å². The Hall–Kier alpha value is -4.31. The SMILES string of the molecule is CNC(=O)c1cc(Oc2ccc(Nc3ncc(SC)c(Nc4cccc(N)c4)n3)cc2)ccn1. The molecular formula is C24H23N7O2S. The Kier molecular flexibility index (Phi) is 7.09. The summed E-state index contributed by atoms with van der Waals surface area (Å²) in [5.74, 6) is 1.98. The Morgan fingerprint density at radius 3 is 2.53 bits per heavy atom. The van der Waals surface area contributed by atoms with Crippen LogP contribution in [0.1, 0.15) is 10.5 Å². The molecule has 0 aliphatic rings. The summed E-state index contributed by atoms with van der Waals surface area (Å²) in [5.41, 5.74) is 8.47. The minimum absolute atomic E-state index is 0.276. The van der Waals surface area contributed by atoms with Crippen molar-refractivity contribution in [2.75, 3.05) is 29.7 Å². The van der Waals surface area contributed by atoms with Crippen molar-refractivity contribution in [1.82, 2.24) is 20.3 Å². The van der Waals surface area contributed by atoms with Crippen molar-refractivity contribution in [1.29, 1.82) is 0 Å². The molecule has 2 aromatic carbocycles. The molecule has 4 aromatic rings. The van der Waals surface area contributed by atoms with E-state index >= 15 is 0 Å². The number of nitrogen functional groups attached to an aromatic ring is 1. The standard InChI is InChI=1S/C24H23N7O2S/c1-26-23(32)20-13-19(10-11-27-20)33-18-8-6-16(7-9-18)30-24-28-14-21(34-2)22(31-24)29-17-5-3-4-15(25)12-17/h3-14H,25H2,1-2H3,(H,26,32)(H2,28,29,30,31). The highest BCUT2D eigenvalue weighted by Crippen LogP contribution is 2.29. The number of thioether (sulfide) groups is 1. The number of nitrogens with one attached hydrogen (secondary N) is 3. The molecule has 0 saturated heterocycles. The van der Waals surface area contributed by atoms with Crippen molar-refractivity contribution >= 4 is 46.5 Å². The molecule has 34 heavy (non-hydrogen) atoms. The van der Waals surface area contributed by atoms with Gasteiger partial charge in [-0.2, -0.15) is 4.98 Å². The number of carbonyl (C=O) groups excluding carboxylic acids is 1. The summed E-state index contributed by atoms with van der Waals surface area (Å²) in [7, 11) is 1.55. The van der Waals surface area contributed by atoms with Gasteiger partial charge in [0.1, 0.15) is 23.0 Å². The lowest BCUT2D eigenvalue weighted by Crippen LogP contribution is -2.18. The second-order valence-corrected chi connectivity index (χ2v) is 7.92. The molecule has 0 bridgehead atoms. The number of carbonyl (C=O) groups is 1. The fraction of sp³-hybridized carbons (Fsp3) is 0.0833. The number of ether oxygens (including phenoxy) is 1. The van der Waals surface area contributed by atoms with Crippen LogP contribution in [0, 0.1) is 0 Å². The normalized spacial score (nSPS) is 10.4. The van der Waals surface area contributed by atoms with Crippen LogP contribution in [0.25, 0.3) is 0 Å². The molecule has 0 radical (unpaired) electrons. The molecule has 5 N–H and O–H groups in total. The van der Waals surface area contributed by atoms with Crippen molar-refractivity contribution in [2.24, 2.45) is 0 Å². The topological polar surface area (TPSA) is 127 Å². The fourth-order valence-electron chi connectivity index (χ4n) is 3.02. The molecule has 10 heteroatoms. The summed E-state index contributed by atoms with van der Waals surface area (Å²) in [6.07, 6.45) is 5.26. The maximum Gasteiger partial charge on any atom is 0.269 e. The first-order valence-electron chi connectivity index (χ1n) is 10.3. The number of anilines is 5. The number of nitrogens with zero attached hydrogens (tertiary/aromatic N) is 3. The second-order valence-electron chi connectivity index (χ2n) is 7.07. The highest BCUT2D eigenvalue weighted by atomic mass is 32.2. The number of hydrogen-bond donors (Lipinski definition) is 4. The van der Waals surface area contributed by atoms with E-state index in [9.17, 15) is 4.79 Å². The zero-order chi connectivity index (χ0) is 23.9. The summed E-state index contributed by atoms with van der Waals surface area (Å²) in [4.78, 5) is 25.7. The third-order valence-electron chi connectivity index (χ3n) is 4.66. The minimum atomic E-state index is -0.276. The molecule has 0 saturated carbocycles. The molecule has 1 amide bonds. The molecule has 2 heterocycles. The first-order valence-corrected chi connectivity index (χ1v) is 11.5. The second kappa shape index (κ2) is 10.5. The van der Waals surface area contributed by atoms with Crippen LogP contribution in [0.4, 0.5) is 28.8 Å². The van der Waals surface area contributed by atoms with E-state index in [1.807, 2.05) is 54.8 Å². The van der Waals surface area contributed by atoms with Gasteiger partial charge in [0.2, 0.25) is 5.95 Å². The van der Waals surface area contributed by atoms with E-state index in [0.29, 0.717) is 29.0 Å². The smallest absolute Gasteiger partial charge is 0.269 e. The number of rotatable bonds is 8. The largest absolute Gasteiger partial charge is 0.457 e. The molecule has 0 fully saturated rings. The summed E-state index contributed by atoms with van der Waals surface area (Å²) in [6.45, 7) is 0. The van der Waals surface area contributed by atoms with E-state index in [2.05, 4.69) is 30.9 Å². The van der Waals surface area contributed by atoms with Crippen LogP contribution in [-0.4, -0.2) is 34.2 Å². The lowest BCUT2D eigenvalue weighted by Gasteiger charge is -2.12. The highest BCUT2D eigenvalue weighted by molar-refractivity contribution is 7.98. The van der Waals surface area contributed by atoms with Crippen LogP contribution in [-0.2, 0) is 0 Å². The van der Waals surface area contributed by atoms with Crippen LogP contribution >= 0.6 is 11.8 Å². The van der Waals surface area contributed by atoms with E-state index in [0.717, 1.165) is 16.3 Å². The van der Waals surface area contributed by atoms with Crippen molar-refractivity contribution in [3.05, 3.63) is 78.8 Å². The number of aromatic nitrogens is 3. The average Bonchev–Trinajstić information content (AvgIpc) is 2.85. The molecule has 2 aromatic heterocycles. The van der Waals surface area contributed by atoms with Crippen molar-refractivity contribution in [3.8, 4) is 11.5 Å². The van der Waals surface area contributed by atoms with Crippen LogP contribution in [0.3, 0.4) is 0 Å². The number of nitrogens with two attached hydrogens (primary N) is 1. The van der Waals surface area contributed by atoms with E-state index in [1.165, 1.54) is 6.20 Å². The zero-order valence-electron chi connectivity index (χ0n) is 18.6. The molecule has 0 aliphatic carbocycles. The number of amides is 1. The molecule has 0 spiro atoms. The van der Waals surface area contributed by atoms with Crippen LogP contribution in [0.15, 0.2) is 78.0 Å². The van der Waals surface area contributed by atoms with Gasteiger partial charge in [0.05, 0.1) is 4.90 Å². The van der Waals surface area contributed by atoms with E-state index < -0.39 is 0 Å². The Balaban J connectivity index is 1.46. The molecule has 4 rings (SSSR count). The number of hydrogen-bond acceptors (Lipinski definition) is 9. The van der Waals surface area contributed by atoms with Crippen LogP contribution in [0.2, 0.25) is 0 Å². The minimum Gasteiger partial charge on any atom is -0.457 e. The molecule has 0 atom stereocenters. The lowest BCUT2D eigenvalue weighted by atomic mass is 10.3. The summed E-state index contributed by atoms with van der Waals surface area (Å²) >= 11 is 1.55. The average molecular weight is 474 g/mol. The Morgan fingerprint density at radius 2 is 1.79 bits per heavy atom. The molecule has 0 unspecified atom stereocenters. The van der Waals surface area contributed by atoms with Gasteiger partial charge in [-0.3, -0.25) is 9.78 Å². The van der Waals surface area contributed by atoms with Crippen molar-refractivity contribution in [2.45, 2.75) is 4.90 Å². The van der Waals surface area contributed by atoms with Gasteiger partial charge in [0.15, 0.2) is 0 Å². The maximum absolute atomic E-state index is 11.8. The van der Waals surface area contributed by atoms with Crippen molar-refractivity contribution in [3.63, 3.8) is 0 Å². The van der Waals surface area contributed by atoms with Gasteiger partial charge >= 0.3 is 0 Å². The van der Waals surface area contributed by atoms with Gasteiger partial charge in [0.25, 0.3) is 5.91 Å². The summed E-state index contributed by atoms with van der Waals surface area (Å²) in [6, 6.07) is 18.1. The fourth-order valence-corrected chi connectivity index (χ4v) is 3.47. The highest BCUT2D eigenvalue weighted by Gasteiger charge is 2.09. The van der Waals surface area contributed by atoms with Crippen molar-refractivity contribution < 1.29 is 9.53 Å². The molecule has 172 valence electrons. The first kappa shape index (κ1) is 22.9. The number of pyridine rings is 1. The van der Waals surface area contributed by atoms with Crippen LogP contribution in [0.5, 0.6) is 11.5 Å². The van der Waals surface area contributed by atoms with E-state index in [4.69, 9.17) is 10.5 Å². The lowest BCUT2D eigenvalue weighted by molar-refractivity contribution is 0.0958. The summed E-state index contributed by atoms with van der Waals surface area (Å²) in [5, 5.41) is 9.04.